The second-order valence-electron chi connectivity index (χ2n) is 5.27. The van der Waals surface area contributed by atoms with Gasteiger partial charge in [0.2, 0.25) is 0 Å². The molecule has 0 saturated heterocycles. The molecule has 1 N–H and O–H groups in total. The normalized spacial score (nSPS) is 11.0. The number of allylic oxidation sites excluding steroid dienone is 1. The van der Waals surface area contributed by atoms with Gasteiger partial charge in [0.25, 0.3) is 5.56 Å². The number of rotatable bonds is 5. The molecule has 1 aromatic heterocycles. The van der Waals surface area contributed by atoms with Gasteiger partial charge in [0, 0.05) is 11.1 Å². The number of benzene rings is 2. The number of H-pyrrole nitrogens is 1. The van der Waals surface area contributed by atoms with Crippen molar-refractivity contribution in [2.75, 3.05) is 6.61 Å². The highest BCUT2D eigenvalue weighted by atomic mass is 16.5. The third-order valence-electron chi connectivity index (χ3n) is 3.65. The van der Waals surface area contributed by atoms with Crippen molar-refractivity contribution in [3.05, 3.63) is 82.2 Å². The highest BCUT2D eigenvalue weighted by molar-refractivity contribution is 6.08. The van der Waals surface area contributed by atoms with Crippen LogP contribution >= 0.6 is 0 Å². The van der Waals surface area contributed by atoms with E-state index < -0.39 is 0 Å². The van der Waals surface area contributed by atoms with Crippen molar-refractivity contribution in [3.8, 4) is 5.75 Å². The maximum absolute atomic E-state index is 12.4. The summed E-state index contributed by atoms with van der Waals surface area (Å²) in [6.45, 7) is 2.35. The van der Waals surface area contributed by atoms with Gasteiger partial charge in [-0.1, -0.05) is 30.3 Å². The quantitative estimate of drug-likeness (QED) is 0.574. The average molecular weight is 319 g/mol. The van der Waals surface area contributed by atoms with E-state index in [4.69, 9.17) is 4.74 Å². The van der Waals surface area contributed by atoms with Crippen molar-refractivity contribution in [3.63, 3.8) is 0 Å². The third-order valence-corrected chi connectivity index (χ3v) is 3.65. The average Bonchev–Trinajstić information content (AvgIpc) is 2.60. The van der Waals surface area contributed by atoms with Gasteiger partial charge in [-0.25, -0.2) is 0 Å². The number of nitrogens with one attached hydrogen (secondary N) is 1. The summed E-state index contributed by atoms with van der Waals surface area (Å²) in [6.07, 6.45) is 2.94. The SMILES string of the molecule is CCOc1ccccc1C(=O)C=Cc1cc2ccccc2[nH]c1=O. The van der Waals surface area contributed by atoms with Crippen LogP contribution in [0.3, 0.4) is 0 Å². The first-order valence-electron chi connectivity index (χ1n) is 7.75. The Morgan fingerprint density at radius 1 is 1.12 bits per heavy atom. The number of para-hydroxylation sites is 2. The van der Waals surface area contributed by atoms with Gasteiger partial charge in [-0.05, 0) is 48.7 Å². The van der Waals surface area contributed by atoms with Crippen LogP contribution in [0.15, 0.2) is 65.5 Å². The van der Waals surface area contributed by atoms with E-state index >= 15 is 0 Å². The lowest BCUT2D eigenvalue weighted by molar-refractivity contribution is 0.104. The van der Waals surface area contributed by atoms with Gasteiger partial charge in [0.05, 0.1) is 12.2 Å². The minimum absolute atomic E-state index is 0.202. The molecule has 0 aliphatic heterocycles. The lowest BCUT2D eigenvalue weighted by atomic mass is 10.1. The third kappa shape index (κ3) is 3.27. The van der Waals surface area contributed by atoms with Crippen LogP contribution in [0.2, 0.25) is 0 Å². The number of fused-ring (bicyclic) bond motifs is 1. The zero-order chi connectivity index (χ0) is 16.9. The van der Waals surface area contributed by atoms with Crippen LogP contribution in [0.1, 0.15) is 22.8 Å². The van der Waals surface area contributed by atoms with E-state index in [2.05, 4.69) is 4.98 Å². The number of aromatic nitrogens is 1. The molecule has 0 bridgehead atoms. The minimum atomic E-state index is -0.226. The van der Waals surface area contributed by atoms with Crippen LogP contribution in [0.4, 0.5) is 0 Å². The summed E-state index contributed by atoms with van der Waals surface area (Å²) in [5.41, 5.74) is 1.47. The molecule has 0 aliphatic rings. The van der Waals surface area contributed by atoms with Crippen molar-refractivity contribution < 1.29 is 9.53 Å². The Bertz CT molecular complexity index is 970. The zero-order valence-corrected chi connectivity index (χ0v) is 13.3. The second kappa shape index (κ2) is 6.96. The minimum Gasteiger partial charge on any atom is -0.493 e. The molecule has 4 nitrogen and oxygen atoms in total. The first-order valence-corrected chi connectivity index (χ1v) is 7.75. The Morgan fingerprint density at radius 3 is 2.71 bits per heavy atom. The van der Waals surface area contributed by atoms with E-state index in [1.807, 2.05) is 37.3 Å². The molecule has 0 aliphatic carbocycles. The highest BCUT2D eigenvalue weighted by Gasteiger charge is 2.09. The summed E-state index contributed by atoms with van der Waals surface area (Å²) in [7, 11) is 0. The van der Waals surface area contributed by atoms with Gasteiger partial charge in [0.15, 0.2) is 5.78 Å². The second-order valence-corrected chi connectivity index (χ2v) is 5.27. The topological polar surface area (TPSA) is 59.2 Å². The molecule has 0 amide bonds. The molecule has 0 radical (unpaired) electrons. The monoisotopic (exact) mass is 319 g/mol. The fourth-order valence-corrected chi connectivity index (χ4v) is 2.49. The standard InChI is InChI=1S/C20H17NO3/c1-2-24-19-10-6-4-8-16(19)18(22)12-11-15-13-14-7-3-5-9-17(14)21-20(15)23/h3-13H,2H2,1H3,(H,21,23). The summed E-state index contributed by atoms with van der Waals surface area (Å²) < 4.78 is 5.47. The number of carbonyl (C=O) groups is 1. The summed E-state index contributed by atoms with van der Waals surface area (Å²) in [5.74, 6) is 0.341. The lowest BCUT2D eigenvalue weighted by Crippen LogP contribution is -2.09. The summed E-state index contributed by atoms with van der Waals surface area (Å²) >= 11 is 0. The van der Waals surface area contributed by atoms with E-state index in [1.165, 1.54) is 12.2 Å². The molecule has 0 atom stereocenters. The Labute approximate surface area is 139 Å². The molecule has 0 fully saturated rings. The van der Waals surface area contributed by atoms with Crippen molar-refractivity contribution in [2.24, 2.45) is 0 Å². The molecule has 2 aromatic carbocycles. The van der Waals surface area contributed by atoms with Gasteiger partial charge in [0.1, 0.15) is 5.75 Å². The maximum atomic E-state index is 12.4. The fraction of sp³-hybridized carbons (Fsp3) is 0.100. The fourth-order valence-electron chi connectivity index (χ4n) is 2.49. The number of pyridine rings is 1. The van der Waals surface area contributed by atoms with Crippen LogP contribution in [-0.2, 0) is 0 Å². The van der Waals surface area contributed by atoms with E-state index in [9.17, 15) is 9.59 Å². The van der Waals surface area contributed by atoms with Crippen molar-refractivity contribution in [2.45, 2.75) is 6.92 Å². The number of carbonyl (C=O) groups excluding carboxylic acids is 1. The molecule has 0 saturated carbocycles. The van der Waals surface area contributed by atoms with Crippen molar-refractivity contribution >= 4 is 22.8 Å². The van der Waals surface area contributed by atoms with Crippen molar-refractivity contribution in [1.29, 1.82) is 0 Å². The molecule has 0 unspecified atom stereocenters. The molecule has 0 spiro atoms. The summed E-state index contributed by atoms with van der Waals surface area (Å²) in [5, 5.41) is 0.916. The Hall–Kier alpha value is -3.14. The van der Waals surface area contributed by atoms with Gasteiger partial charge in [-0.15, -0.1) is 0 Å². The van der Waals surface area contributed by atoms with Gasteiger partial charge in [-0.3, -0.25) is 9.59 Å². The van der Waals surface area contributed by atoms with E-state index in [1.54, 1.807) is 24.3 Å². The van der Waals surface area contributed by atoms with Gasteiger partial charge >= 0.3 is 0 Å². The van der Waals surface area contributed by atoms with Crippen molar-refractivity contribution in [1.82, 2.24) is 4.98 Å². The molecule has 3 rings (SSSR count). The molecular weight excluding hydrogens is 302 g/mol. The predicted octanol–water partition coefficient (Wildman–Crippen LogP) is 3.82. The Morgan fingerprint density at radius 2 is 1.88 bits per heavy atom. The first kappa shape index (κ1) is 15.7. The van der Waals surface area contributed by atoms with Crippen LogP contribution in [0, 0.1) is 0 Å². The highest BCUT2D eigenvalue weighted by Crippen LogP contribution is 2.19. The molecule has 4 heteroatoms. The number of aromatic amines is 1. The van der Waals surface area contributed by atoms with Crippen LogP contribution in [0.25, 0.3) is 17.0 Å². The van der Waals surface area contributed by atoms with E-state index in [0.29, 0.717) is 23.5 Å². The van der Waals surface area contributed by atoms with Crippen LogP contribution in [-0.4, -0.2) is 17.4 Å². The molecule has 3 aromatic rings. The number of hydrogen-bond acceptors (Lipinski definition) is 3. The number of hydrogen-bond donors (Lipinski definition) is 1. The van der Waals surface area contributed by atoms with E-state index in [-0.39, 0.29) is 11.3 Å². The summed E-state index contributed by atoms with van der Waals surface area (Å²) in [6, 6.07) is 16.4. The predicted molar refractivity (Wildman–Crippen MR) is 95.5 cm³/mol. The van der Waals surface area contributed by atoms with Gasteiger partial charge in [-0.2, -0.15) is 0 Å². The Kier molecular flexibility index (Phi) is 4.57. The number of ketones is 1. The summed E-state index contributed by atoms with van der Waals surface area (Å²) in [4.78, 5) is 27.3. The zero-order valence-electron chi connectivity index (χ0n) is 13.3. The Balaban J connectivity index is 1.92. The molecule has 120 valence electrons. The van der Waals surface area contributed by atoms with Crippen LogP contribution < -0.4 is 10.3 Å². The van der Waals surface area contributed by atoms with Crippen LogP contribution in [0.5, 0.6) is 5.75 Å². The van der Waals surface area contributed by atoms with Gasteiger partial charge < -0.3 is 9.72 Å². The molecule has 24 heavy (non-hydrogen) atoms. The molecular formula is C20H17NO3. The van der Waals surface area contributed by atoms with E-state index in [0.717, 1.165) is 10.9 Å². The number of ether oxygens (including phenoxy) is 1. The smallest absolute Gasteiger partial charge is 0.255 e. The molecule has 1 heterocycles. The first-order chi connectivity index (χ1) is 11.7. The maximum Gasteiger partial charge on any atom is 0.255 e. The largest absolute Gasteiger partial charge is 0.493 e. The lowest BCUT2D eigenvalue weighted by Gasteiger charge is -2.06.